The molecule has 6 heteroatoms. The molecule has 0 aromatic heterocycles. The fourth-order valence-corrected chi connectivity index (χ4v) is 2.50. The Bertz CT molecular complexity index is 872. The van der Waals surface area contributed by atoms with Gasteiger partial charge in [0.15, 0.2) is 11.5 Å². The van der Waals surface area contributed by atoms with Gasteiger partial charge in [0.25, 0.3) is 5.91 Å². The van der Waals surface area contributed by atoms with E-state index in [1.807, 2.05) is 31.2 Å². The van der Waals surface area contributed by atoms with Crippen molar-refractivity contribution in [2.24, 2.45) is 0 Å². The number of ether oxygens (including phenoxy) is 2. The van der Waals surface area contributed by atoms with Gasteiger partial charge in [-0.05, 0) is 36.3 Å². The molecular weight excluding hydrogens is 364 g/mol. The van der Waals surface area contributed by atoms with E-state index < -0.39 is 5.91 Å². The highest BCUT2D eigenvalue weighted by Gasteiger charge is 2.10. The quantitative estimate of drug-likeness (QED) is 0.542. The van der Waals surface area contributed by atoms with Crippen molar-refractivity contribution in [2.45, 2.75) is 20.0 Å². The molecular formula is C21H21ClN2O3. The number of carbonyl (C=O) groups is 1. The van der Waals surface area contributed by atoms with Crippen LogP contribution in [0.1, 0.15) is 24.5 Å². The summed E-state index contributed by atoms with van der Waals surface area (Å²) in [6.07, 6.45) is 2.32. The van der Waals surface area contributed by atoms with Crippen molar-refractivity contribution in [1.29, 1.82) is 5.26 Å². The van der Waals surface area contributed by atoms with Crippen LogP contribution in [0.2, 0.25) is 5.02 Å². The summed E-state index contributed by atoms with van der Waals surface area (Å²) in [6.45, 7) is 2.77. The lowest BCUT2D eigenvalue weighted by Gasteiger charge is -2.12. The number of rotatable bonds is 8. The zero-order valence-corrected chi connectivity index (χ0v) is 16.0. The minimum absolute atomic E-state index is 0.0373. The molecule has 2 aromatic rings. The molecule has 0 saturated carbocycles. The highest BCUT2D eigenvalue weighted by Crippen LogP contribution is 2.30. The van der Waals surface area contributed by atoms with E-state index in [-0.39, 0.29) is 5.57 Å². The van der Waals surface area contributed by atoms with Gasteiger partial charge in [-0.25, -0.2) is 0 Å². The van der Waals surface area contributed by atoms with Gasteiger partial charge in [0.1, 0.15) is 18.2 Å². The Balaban J connectivity index is 2.17. The van der Waals surface area contributed by atoms with Gasteiger partial charge in [-0.1, -0.05) is 42.8 Å². The normalized spacial score (nSPS) is 10.8. The third-order valence-electron chi connectivity index (χ3n) is 3.74. The van der Waals surface area contributed by atoms with E-state index in [0.717, 1.165) is 12.0 Å². The number of nitrogens with one attached hydrogen (secondary N) is 1. The number of methoxy groups -OCH3 is 1. The maximum Gasteiger partial charge on any atom is 0.261 e. The Morgan fingerprint density at radius 3 is 2.70 bits per heavy atom. The maximum absolute atomic E-state index is 12.0. The van der Waals surface area contributed by atoms with Crippen LogP contribution in [-0.4, -0.2) is 19.6 Å². The van der Waals surface area contributed by atoms with Crippen LogP contribution in [0.25, 0.3) is 6.08 Å². The first kappa shape index (κ1) is 20.3. The zero-order valence-electron chi connectivity index (χ0n) is 15.3. The van der Waals surface area contributed by atoms with Crippen molar-refractivity contribution in [1.82, 2.24) is 5.32 Å². The van der Waals surface area contributed by atoms with Gasteiger partial charge in [-0.3, -0.25) is 4.79 Å². The van der Waals surface area contributed by atoms with Gasteiger partial charge in [-0.2, -0.15) is 5.26 Å². The molecule has 0 spiro atoms. The van der Waals surface area contributed by atoms with Crippen LogP contribution in [0.15, 0.2) is 48.0 Å². The monoisotopic (exact) mass is 384 g/mol. The Morgan fingerprint density at radius 1 is 1.26 bits per heavy atom. The summed E-state index contributed by atoms with van der Waals surface area (Å²) in [7, 11) is 1.53. The predicted octanol–water partition coefficient (Wildman–Crippen LogP) is 4.36. The lowest BCUT2D eigenvalue weighted by atomic mass is 10.1. The lowest BCUT2D eigenvalue weighted by Crippen LogP contribution is -2.25. The van der Waals surface area contributed by atoms with Crippen LogP contribution in [-0.2, 0) is 11.4 Å². The minimum Gasteiger partial charge on any atom is -0.493 e. The summed E-state index contributed by atoms with van der Waals surface area (Å²) < 4.78 is 11.2. The Morgan fingerprint density at radius 2 is 2.04 bits per heavy atom. The number of halogens is 1. The van der Waals surface area contributed by atoms with E-state index in [2.05, 4.69) is 5.32 Å². The summed E-state index contributed by atoms with van der Waals surface area (Å²) >= 11 is 6.14. The topological polar surface area (TPSA) is 71.4 Å². The first-order valence-electron chi connectivity index (χ1n) is 8.53. The van der Waals surface area contributed by atoms with E-state index in [1.165, 1.54) is 13.2 Å². The Hall–Kier alpha value is -2.97. The van der Waals surface area contributed by atoms with Gasteiger partial charge in [-0.15, -0.1) is 0 Å². The van der Waals surface area contributed by atoms with Crippen molar-refractivity contribution < 1.29 is 14.3 Å². The van der Waals surface area contributed by atoms with Crippen molar-refractivity contribution in [3.05, 3.63) is 64.2 Å². The number of amides is 1. The SMILES string of the molecule is CCCNC(=O)C(C#N)=Cc1ccc(OCc2ccccc2Cl)c(OC)c1. The number of nitriles is 1. The zero-order chi connectivity index (χ0) is 19.6. The molecule has 0 unspecified atom stereocenters. The van der Waals surface area contributed by atoms with Gasteiger partial charge in [0, 0.05) is 17.1 Å². The molecule has 140 valence electrons. The molecule has 0 fully saturated rings. The number of nitrogens with zero attached hydrogens (tertiary/aromatic N) is 1. The molecule has 0 bridgehead atoms. The summed E-state index contributed by atoms with van der Waals surface area (Å²) in [5.41, 5.74) is 1.57. The summed E-state index contributed by atoms with van der Waals surface area (Å²) in [5.74, 6) is 0.655. The molecule has 2 aromatic carbocycles. The second-order valence-electron chi connectivity index (χ2n) is 5.72. The van der Waals surface area contributed by atoms with E-state index in [0.29, 0.717) is 35.2 Å². The molecule has 0 heterocycles. The van der Waals surface area contributed by atoms with Crippen LogP contribution < -0.4 is 14.8 Å². The molecule has 27 heavy (non-hydrogen) atoms. The second kappa shape index (κ2) is 10.2. The predicted molar refractivity (Wildman–Crippen MR) is 106 cm³/mol. The van der Waals surface area contributed by atoms with E-state index in [1.54, 1.807) is 24.3 Å². The molecule has 1 N–H and O–H groups in total. The summed E-state index contributed by atoms with van der Waals surface area (Å²) in [6, 6.07) is 14.6. The van der Waals surface area contributed by atoms with Crippen LogP contribution in [0.4, 0.5) is 0 Å². The first-order valence-corrected chi connectivity index (χ1v) is 8.91. The lowest BCUT2D eigenvalue weighted by molar-refractivity contribution is -0.117. The van der Waals surface area contributed by atoms with Crippen molar-refractivity contribution in [2.75, 3.05) is 13.7 Å². The van der Waals surface area contributed by atoms with Crippen LogP contribution >= 0.6 is 11.6 Å². The molecule has 0 atom stereocenters. The van der Waals surface area contributed by atoms with Crippen molar-refractivity contribution >= 4 is 23.6 Å². The minimum atomic E-state index is -0.391. The second-order valence-corrected chi connectivity index (χ2v) is 6.12. The van der Waals surface area contributed by atoms with Gasteiger partial charge < -0.3 is 14.8 Å². The fraction of sp³-hybridized carbons (Fsp3) is 0.238. The van der Waals surface area contributed by atoms with Crippen molar-refractivity contribution in [3.8, 4) is 17.6 Å². The average molecular weight is 385 g/mol. The highest BCUT2D eigenvalue weighted by molar-refractivity contribution is 6.31. The smallest absolute Gasteiger partial charge is 0.261 e. The number of hydrogen-bond acceptors (Lipinski definition) is 4. The molecule has 0 radical (unpaired) electrons. The van der Waals surface area contributed by atoms with Gasteiger partial charge >= 0.3 is 0 Å². The summed E-state index contributed by atoms with van der Waals surface area (Å²) in [5, 5.41) is 12.5. The van der Waals surface area contributed by atoms with Gasteiger partial charge in [0.05, 0.1) is 7.11 Å². The maximum atomic E-state index is 12.0. The fourth-order valence-electron chi connectivity index (χ4n) is 2.31. The molecule has 0 saturated heterocycles. The Kier molecular flexibility index (Phi) is 7.72. The molecule has 2 rings (SSSR count). The molecule has 5 nitrogen and oxygen atoms in total. The standard InChI is InChI=1S/C21H21ClN2O3/c1-3-10-24-21(25)17(13-23)11-15-8-9-19(20(12-15)26-2)27-14-16-6-4-5-7-18(16)22/h4-9,11-12H,3,10,14H2,1-2H3,(H,24,25). The Labute approximate surface area is 164 Å². The third-order valence-corrected chi connectivity index (χ3v) is 4.11. The number of benzene rings is 2. The van der Waals surface area contributed by atoms with Crippen LogP contribution in [0, 0.1) is 11.3 Å². The number of hydrogen-bond donors (Lipinski definition) is 1. The van der Waals surface area contributed by atoms with E-state index in [9.17, 15) is 10.1 Å². The van der Waals surface area contributed by atoms with Crippen LogP contribution in [0.5, 0.6) is 11.5 Å². The molecule has 0 aliphatic heterocycles. The van der Waals surface area contributed by atoms with E-state index in [4.69, 9.17) is 21.1 Å². The molecule has 0 aliphatic carbocycles. The summed E-state index contributed by atoms with van der Waals surface area (Å²) in [4.78, 5) is 12.0. The average Bonchev–Trinajstić information content (AvgIpc) is 2.69. The van der Waals surface area contributed by atoms with Gasteiger partial charge in [0.2, 0.25) is 0 Å². The molecule has 0 aliphatic rings. The first-order chi connectivity index (χ1) is 13.1. The molecule has 1 amide bonds. The third kappa shape index (κ3) is 5.77. The largest absolute Gasteiger partial charge is 0.493 e. The number of carbonyl (C=O) groups excluding carboxylic acids is 1. The van der Waals surface area contributed by atoms with E-state index >= 15 is 0 Å². The van der Waals surface area contributed by atoms with Crippen LogP contribution in [0.3, 0.4) is 0 Å². The highest BCUT2D eigenvalue weighted by atomic mass is 35.5. The van der Waals surface area contributed by atoms with Crippen molar-refractivity contribution in [3.63, 3.8) is 0 Å².